The van der Waals surface area contributed by atoms with Gasteiger partial charge in [0.25, 0.3) is 0 Å². The highest BCUT2D eigenvalue weighted by molar-refractivity contribution is 5.85. The van der Waals surface area contributed by atoms with Gasteiger partial charge >= 0.3 is 0 Å². The summed E-state index contributed by atoms with van der Waals surface area (Å²) in [5.74, 6) is 0.776. The van der Waals surface area contributed by atoms with Crippen molar-refractivity contribution in [2.75, 3.05) is 19.7 Å². The van der Waals surface area contributed by atoms with Crippen LogP contribution in [-0.4, -0.2) is 53.5 Å². The Morgan fingerprint density at radius 1 is 1.25 bits per heavy atom. The van der Waals surface area contributed by atoms with Crippen molar-refractivity contribution in [3.63, 3.8) is 0 Å². The maximum atomic E-state index is 13.2. The SMILES string of the molecule is CCCCCC(=O)N(CC(=O)N(Cc1ccco1)C[C@@H]1CCCO1)[C@@H](C)CC. The number of carbonyl (C=O) groups excluding carboxylic acids is 2. The lowest BCUT2D eigenvalue weighted by Crippen LogP contribution is -2.47. The van der Waals surface area contributed by atoms with Gasteiger partial charge in [0, 0.05) is 25.6 Å². The number of unbranched alkanes of at least 4 members (excludes halogenated alkanes) is 2. The van der Waals surface area contributed by atoms with Crippen LogP contribution in [0.15, 0.2) is 22.8 Å². The van der Waals surface area contributed by atoms with E-state index in [9.17, 15) is 9.59 Å². The molecule has 0 N–H and O–H groups in total. The fourth-order valence-electron chi connectivity index (χ4n) is 3.51. The van der Waals surface area contributed by atoms with Gasteiger partial charge in [-0.05, 0) is 44.7 Å². The van der Waals surface area contributed by atoms with E-state index in [-0.39, 0.29) is 30.5 Å². The van der Waals surface area contributed by atoms with Gasteiger partial charge in [0.1, 0.15) is 12.3 Å². The molecule has 1 saturated heterocycles. The largest absolute Gasteiger partial charge is 0.467 e. The first-order chi connectivity index (χ1) is 13.5. The zero-order chi connectivity index (χ0) is 20.4. The summed E-state index contributed by atoms with van der Waals surface area (Å²) in [7, 11) is 0. The van der Waals surface area contributed by atoms with E-state index in [1.54, 1.807) is 16.1 Å². The van der Waals surface area contributed by atoms with Crippen molar-refractivity contribution in [1.29, 1.82) is 0 Å². The molecule has 6 nitrogen and oxygen atoms in total. The molecule has 1 aromatic heterocycles. The Bertz CT molecular complexity index is 581. The number of hydrogen-bond acceptors (Lipinski definition) is 4. The molecular formula is C22H36N2O4. The monoisotopic (exact) mass is 392 g/mol. The van der Waals surface area contributed by atoms with Crippen LogP contribution in [0.4, 0.5) is 0 Å². The molecule has 1 aromatic rings. The van der Waals surface area contributed by atoms with E-state index >= 15 is 0 Å². The highest BCUT2D eigenvalue weighted by Gasteiger charge is 2.27. The highest BCUT2D eigenvalue weighted by Crippen LogP contribution is 2.17. The molecule has 0 radical (unpaired) electrons. The fourth-order valence-corrected chi connectivity index (χ4v) is 3.51. The number of hydrogen-bond donors (Lipinski definition) is 0. The first-order valence-corrected chi connectivity index (χ1v) is 10.8. The van der Waals surface area contributed by atoms with Gasteiger partial charge in [-0.2, -0.15) is 0 Å². The number of ether oxygens (including phenoxy) is 1. The summed E-state index contributed by atoms with van der Waals surface area (Å²) in [6.07, 6.45) is 8.01. The van der Waals surface area contributed by atoms with Gasteiger partial charge < -0.3 is 19.0 Å². The molecule has 1 aliphatic rings. The lowest BCUT2D eigenvalue weighted by atomic mass is 10.1. The zero-order valence-electron chi connectivity index (χ0n) is 17.7. The maximum Gasteiger partial charge on any atom is 0.242 e. The quantitative estimate of drug-likeness (QED) is 0.505. The van der Waals surface area contributed by atoms with Crippen molar-refractivity contribution < 1.29 is 18.7 Å². The summed E-state index contributed by atoms with van der Waals surface area (Å²) in [6.45, 7) is 8.01. The van der Waals surface area contributed by atoms with Crippen molar-refractivity contribution >= 4 is 11.8 Å². The van der Waals surface area contributed by atoms with E-state index in [0.29, 0.717) is 19.5 Å². The molecule has 2 amide bonds. The number of amides is 2. The molecule has 0 saturated carbocycles. The third-order valence-electron chi connectivity index (χ3n) is 5.47. The Balaban J connectivity index is 2.04. The van der Waals surface area contributed by atoms with E-state index in [4.69, 9.17) is 9.15 Å². The molecule has 2 rings (SSSR count). The first-order valence-electron chi connectivity index (χ1n) is 10.8. The third kappa shape index (κ3) is 6.97. The maximum absolute atomic E-state index is 13.2. The second-order valence-corrected chi connectivity index (χ2v) is 7.72. The summed E-state index contributed by atoms with van der Waals surface area (Å²) in [5, 5.41) is 0. The van der Waals surface area contributed by atoms with E-state index in [1.807, 2.05) is 19.1 Å². The van der Waals surface area contributed by atoms with Gasteiger partial charge in [0.05, 0.1) is 18.9 Å². The molecule has 1 aliphatic heterocycles. The summed E-state index contributed by atoms with van der Waals surface area (Å²) in [5.41, 5.74) is 0. The van der Waals surface area contributed by atoms with Crippen LogP contribution in [0.3, 0.4) is 0 Å². The molecule has 0 aromatic carbocycles. The minimum atomic E-state index is -0.0453. The number of carbonyl (C=O) groups is 2. The van der Waals surface area contributed by atoms with E-state index < -0.39 is 0 Å². The molecule has 0 spiro atoms. The fraction of sp³-hybridized carbons (Fsp3) is 0.727. The average molecular weight is 393 g/mol. The number of rotatable bonds is 12. The van der Waals surface area contributed by atoms with Gasteiger partial charge in [-0.3, -0.25) is 9.59 Å². The molecule has 28 heavy (non-hydrogen) atoms. The molecule has 2 heterocycles. The predicted octanol–water partition coefficient (Wildman–Crippen LogP) is 3.99. The second kappa shape index (κ2) is 11.9. The minimum absolute atomic E-state index is 0.0453. The van der Waals surface area contributed by atoms with Crippen molar-refractivity contribution in [2.24, 2.45) is 0 Å². The standard InChI is InChI=1S/C22H36N2O4/c1-4-6-7-12-21(25)24(18(3)5-2)17-22(26)23(15-19-10-8-13-27-19)16-20-11-9-14-28-20/h8,10,13,18,20H,4-7,9,11-12,14-17H2,1-3H3/t18-,20-/m0/s1. The van der Waals surface area contributed by atoms with Crippen LogP contribution in [0.1, 0.15) is 71.5 Å². The van der Waals surface area contributed by atoms with Crippen molar-refractivity contribution in [3.05, 3.63) is 24.2 Å². The van der Waals surface area contributed by atoms with E-state index in [1.165, 1.54) is 0 Å². The van der Waals surface area contributed by atoms with Crippen molar-refractivity contribution in [2.45, 2.75) is 84.4 Å². The normalized spacial score (nSPS) is 17.5. The topological polar surface area (TPSA) is 63.0 Å². The van der Waals surface area contributed by atoms with Gasteiger partial charge in [0.2, 0.25) is 11.8 Å². The van der Waals surface area contributed by atoms with Crippen LogP contribution in [0.5, 0.6) is 0 Å². The van der Waals surface area contributed by atoms with Gasteiger partial charge in [0.15, 0.2) is 0 Å². The van der Waals surface area contributed by atoms with Gasteiger partial charge in [-0.15, -0.1) is 0 Å². The molecule has 0 aliphatic carbocycles. The molecular weight excluding hydrogens is 356 g/mol. The lowest BCUT2D eigenvalue weighted by molar-refractivity contribution is -0.143. The van der Waals surface area contributed by atoms with E-state index in [2.05, 4.69) is 13.8 Å². The van der Waals surface area contributed by atoms with Crippen molar-refractivity contribution in [1.82, 2.24) is 9.80 Å². The molecule has 2 atom stereocenters. The Labute approximate surface area is 169 Å². The lowest BCUT2D eigenvalue weighted by Gasteiger charge is -2.32. The van der Waals surface area contributed by atoms with Crippen molar-refractivity contribution in [3.8, 4) is 0 Å². The predicted molar refractivity (Wildman–Crippen MR) is 109 cm³/mol. The zero-order valence-corrected chi connectivity index (χ0v) is 17.7. The van der Waals surface area contributed by atoms with Gasteiger partial charge in [-0.1, -0.05) is 26.7 Å². The molecule has 6 heteroatoms. The highest BCUT2D eigenvalue weighted by atomic mass is 16.5. The summed E-state index contributed by atoms with van der Waals surface area (Å²) < 4.78 is 11.2. The summed E-state index contributed by atoms with van der Waals surface area (Å²) in [4.78, 5) is 29.4. The van der Waals surface area contributed by atoms with Crippen LogP contribution >= 0.6 is 0 Å². The third-order valence-corrected chi connectivity index (χ3v) is 5.47. The van der Waals surface area contributed by atoms with Crippen LogP contribution in [0.25, 0.3) is 0 Å². The molecule has 0 unspecified atom stereocenters. The molecule has 0 bridgehead atoms. The van der Waals surface area contributed by atoms with Crippen LogP contribution in [0, 0.1) is 0 Å². The smallest absolute Gasteiger partial charge is 0.242 e. The average Bonchev–Trinajstić information content (AvgIpc) is 3.39. The summed E-state index contributed by atoms with van der Waals surface area (Å²) >= 11 is 0. The van der Waals surface area contributed by atoms with Crippen LogP contribution in [-0.2, 0) is 20.9 Å². The first kappa shape index (κ1) is 22.5. The minimum Gasteiger partial charge on any atom is -0.467 e. The molecule has 1 fully saturated rings. The number of nitrogens with zero attached hydrogens (tertiary/aromatic N) is 2. The van der Waals surface area contributed by atoms with E-state index in [0.717, 1.165) is 50.9 Å². The Hall–Kier alpha value is -1.82. The number of furan rings is 1. The van der Waals surface area contributed by atoms with Crippen LogP contribution in [0.2, 0.25) is 0 Å². The Kier molecular flexibility index (Phi) is 9.55. The van der Waals surface area contributed by atoms with Gasteiger partial charge in [-0.25, -0.2) is 0 Å². The summed E-state index contributed by atoms with van der Waals surface area (Å²) in [6, 6.07) is 3.75. The van der Waals surface area contributed by atoms with Crippen LogP contribution < -0.4 is 0 Å². The Morgan fingerprint density at radius 3 is 2.68 bits per heavy atom. The Morgan fingerprint density at radius 2 is 2.07 bits per heavy atom. The molecule has 158 valence electrons. The second-order valence-electron chi connectivity index (χ2n) is 7.72.